The summed E-state index contributed by atoms with van der Waals surface area (Å²) in [5.74, 6) is -5.40. The van der Waals surface area contributed by atoms with Crippen LogP contribution in [0.1, 0.15) is 82.1 Å². The lowest BCUT2D eigenvalue weighted by Gasteiger charge is -2.23. The number of alkyl halides is 4. The second kappa shape index (κ2) is 13.2. The van der Waals surface area contributed by atoms with Crippen LogP contribution < -0.4 is 15.4 Å². The molecule has 0 bridgehead atoms. The first-order valence-corrected chi connectivity index (χ1v) is 13.9. The number of carbonyl (C=O) groups excluding carboxylic acids is 3. The Kier molecular flexibility index (Phi) is 12.3. The largest absolute Gasteiger partial charge is 0.479 e. The molecule has 0 heterocycles. The van der Waals surface area contributed by atoms with Crippen LogP contribution in [-0.4, -0.2) is 78.0 Å². The van der Waals surface area contributed by atoms with Crippen molar-refractivity contribution in [3.63, 3.8) is 0 Å². The van der Waals surface area contributed by atoms with Gasteiger partial charge in [-0.2, -0.15) is 0 Å². The first-order chi connectivity index (χ1) is 18.0. The van der Waals surface area contributed by atoms with Gasteiger partial charge in [-0.25, -0.2) is 40.4 Å². The zero-order valence-corrected chi connectivity index (χ0v) is 23.7. The fraction of sp³-hybridized carbons (Fsp3) is 0.840. The van der Waals surface area contributed by atoms with Crippen molar-refractivity contribution in [2.75, 3.05) is 0 Å². The molecule has 0 saturated heterocycles. The van der Waals surface area contributed by atoms with Gasteiger partial charge >= 0.3 is 18.2 Å². The summed E-state index contributed by atoms with van der Waals surface area (Å²) in [6, 6.07) is 0. The molecule has 3 aliphatic rings. The Hall–Kier alpha value is -2.85. The Morgan fingerprint density at radius 2 is 1.14 bits per heavy atom. The molecule has 0 aromatic rings. The minimum absolute atomic E-state index is 0. The number of carbonyl (C=O) groups is 4. The van der Waals surface area contributed by atoms with Gasteiger partial charge in [0.15, 0.2) is 0 Å². The fourth-order valence-electron chi connectivity index (χ4n) is 3.74. The number of alkyl carbamates (subject to hydrolysis) is 2. The first kappa shape index (κ1) is 39.1. The van der Waals surface area contributed by atoms with Gasteiger partial charge in [-0.05, 0) is 67.2 Å². The summed E-state index contributed by atoms with van der Waals surface area (Å²) in [6.07, 6.45) is -7.45. The van der Waals surface area contributed by atoms with Crippen LogP contribution in [0.3, 0.4) is 0 Å². The molecule has 0 aromatic carbocycles. The number of ether oxygens (including phenoxy) is 2. The van der Waals surface area contributed by atoms with Crippen molar-refractivity contribution < 1.29 is 59.7 Å². The zero-order valence-electron chi connectivity index (χ0n) is 22.8. The van der Waals surface area contributed by atoms with Gasteiger partial charge in [0.05, 0.1) is 17.1 Å². The number of rotatable bonds is 8. The van der Waals surface area contributed by atoms with Gasteiger partial charge in [-0.1, -0.05) is 14.9 Å². The molecule has 0 radical (unpaired) electrons. The van der Waals surface area contributed by atoms with E-state index >= 15 is 0 Å². The van der Waals surface area contributed by atoms with E-state index in [2.05, 4.69) is 5.32 Å². The molecule has 3 rings (SSSR count). The Balaban J connectivity index is 0.000000797. The molecular formula is C25H43F4N3O9S. The quantitative estimate of drug-likeness (QED) is 0.286. The van der Waals surface area contributed by atoms with Crippen LogP contribution in [0.2, 0.25) is 0 Å². The summed E-state index contributed by atoms with van der Waals surface area (Å²) < 4.78 is 85.9. The van der Waals surface area contributed by atoms with Crippen molar-refractivity contribution in [2.45, 2.75) is 122 Å². The molecule has 4 N–H and O–H groups in total. The topological polar surface area (TPSA) is 177 Å². The molecule has 42 heavy (non-hydrogen) atoms. The van der Waals surface area contributed by atoms with Gasteiger partial charge in [0, 0.05) is 0 Å². The summed E-state index contributed by atoms with van der Waals surface area (Å²) in [5.41, 5.74) is -5.51. The lowest BCUT2D eigenvalue weighted by molar-refractivity contribution is -0.142. The molecule has 0 unspecified atom stereocenters. The third kappa shape index (κ3) is 10.2. The van der Waals surface area contributed by atoms with Crippen LogP contribution in [0.5, 0.6) is 0 Å². The van der Waals surface area contributed by atoms with Crippen LogP contribution in [0.15, 0.2) is 0 Å². The van der Waals surface area contributed by atoms with Crippen LogP contribution in [0.25, 0.3) is 0 Å². The third-order valence-corrected chi connectivity index (χ3v) is 7.89. The van der Waals surface area contributed by atoms with Crippen molar-refractivity contribution >= 4 is 34.1 Å². The Labute approximate surface area is 243 Å². The van der Waals surface area contributed by atoms with Crippen LogP contribution >= 0.6 is 0 Å². The monoisotopic (exact) mass is 637 g/mol. The number of hydrogen-bond acceptors (Lipinski definition) is 8. The molecule has 0 aromatic heterocycles. The highest BCUT2D eigenvalue weighted by molar-refractivity contribution is 7.91. The normalized spacial score (nSPS) is 26.3. The molecule has 12 nitrogen and oxygen atoms in total. The standard InChI is InChI=1S/C13H20F2N2O5S.C10H15F2NO4.2CH4/c1-12(2,3)22-11(19)16-13(6-8(13)9(14)15)10(18)17-23(20,21)7-4-5-7;1-9(2,3)17-8(16)13-10(7(14)15)4-5(10)6(11)12;;/h7-9H,4-6H2,1-3H3,(H,16,19)(H,17,18);5-6H,4H2,1-3H3,(H,13,16)(H,14,15);2*1H4/t8-,13+;5-,10+;;/m00../s1. The summed E-state index contributed by atoms with van der Waals surface area (Å²) in [5, 5.41) is 12.3. The Bertz CT molecular complexity index is 1120. The van der Waals surface area contributed by atoms with Gasteiger partial charge in [0.25, 0.3) is 5.91 Å². The molecule has 4 atom stereocenters. The summed E-state index contributed by atoms with van der Waals surface area (Å²) >= 11 is 0. The average molecular weight is 638 g/mol. The molecule has 0 aliphatic heterocycles. The van der Waals surface area contributed by atoms with Gasteiger partial charge in [0.2, 0.25) is 22.9 Å². The molecule has 3 aliphatic carbocycles. The Morgan fingerprint density at radius 1 is 0.786 bits per heavy atom. The molecule has 246 valence electrons. The van der Waals surface area contributed by atoms with E-state index in [-0.39, 0.29) is 27.7 Å². The van der Waals surface area contributed by atoms with Crippen LogP contribution in [0, 0.1) is 11.8 Å². The van der Waals surface area contributed by atoms with E-state index in [4.69, 9.17) is 14.6 Å². The minimum atomic E-state index is -3.89. The maximum atomic E-state index is 12.9. The molecule has 17 heteroatoms. The number of aliphatic carboxylic acids is 1. The highest BCUT2D eigenvalue weighted by atomic mass is 32.2. The van der Waals surface area contributed by atoms with Crippen molar-refractivity contribution in [3.05, 3.63) is 0 Å². The number of hydrogen-bond donors (Lipinski definition) is 4. The molecular weight excluding hydrogens is 594 g/mol. The number of carboxylic acid groups (broad SMARTS) is 1. The van der Waals surface area contributed by atoms with Crippen molar-refractivity contribution in [2.24, 2.45) is 11.8 Å². The number of halogens is 4. The van der Waals surface area contributed by atoms with E-state index in [1.807, 2.05) is 5.32 Å². The van der Waals surface area contributed by atoms with E-state index in [9.17, 15) is 45.2 Å². The highest BCUT2D eigenvalue weighted by Gasteiger charge is 2.67. The van der Waals surface area contributed by atoms with E-state index in [1.165, 1.54) is 0 Å². The number of sulfonamides is 1. The maximum Gasteiger partial charge on any atom is 0.408 e. The van der Waals surface area contributed by atoms with Crippen molar-refractivity contribution in [1.82, 2.24) is 15.4 Å². The van der Waals surface area contributed by atoms with Crippen LogP contribution in [-0.2, 0) is 29.1 Å². The van der Waals surface area contributed by atoms with E-state index in [0.29, 0.717) is 12.8 Å². The van der Waals surface area contributed by atoms with E-state index in [1.54, 1.807) is 46.3 Å². The van der Waals surface area contributed by atoms with Gasteiger partial charge in [-0.3, -0.25) is 9.52 Å². The minimum Gasteiger partial charge on any atom is -0.479 e. The van der Waals surface area contributed by atoms with Crippen LogP contribution in [0.4, 0.5) is 27.2 Å². The van der Waals surface area contributed by atoms with Crippen molar-refractivity contribution in [1.29, 1.82) is 0 Å². The van der Waals surface area contributed by atoms with E-state index < -0.39 is 86.3 Å². The third-order valence-electron chi connectivity index (χ3n) is 6.07. The zero-order chi connectivity index (χ0) is 31.1. The number of carboxylic acids is 1. The second-order valence-electron chi connectivity index (χ2n) is 12.0. The number of amides is 3. The smallest absolute Gasteiger partial charge is 0.408 e. The lowest BCUT2D eigenvalue weighted by Crippen LogP contribution is -2.53. The van der Waals surface area contributed by atoms with Gasteiger partial charge in [0.1, 0.15) is 22.3 Å². The lowest BCUT2D eigenvalue weighted by atomic mass is 10.2. The molecule has 3 saturated carbocycles. The van der Waals surface area contributed by atoms with Gasteiger partial charge in [-0.15, -0.1) is 0 Å². The Morgan fingerprint density at radius 3 is 1.43 bits per heavy atom. The summed E-state index contributed by atoms with van der Waals surface area (Å²) in [4.78, 5) is 46.2. The predicted octanol–water partition coefficient (Wildman–Crippen LogP) is 4.04. The molecule has 3 amide bonds. The maximum absolute atomic E-state index is 12.9. The van der Waals surface area contributed by atoms with Crippen molar-refractivity contribution in [3.8, 4) is 0 Å². The second-order valence-corrected chi connectivity index (χ2v) is 13.9. The predicted molar refractivity (Wildman–Crippen MR) is 144 cm³/mol. The summed E-state index contributed by atoms with van der Waals surface area (Å²) in [6.45, 7) is 9.52. The summed E-state index contributed by atoms with van der Waals surface area (Å²) in [7, 11) is -3.89. The number of nitrogens with one attached hydrogen (secondary N) is 3. The highest BCUT2D eigenvalue weighted by Crippen LogP contribution is 2.49. The molecule has 0 spiro atoms. The molecule has 3 fully saturated rings. The van der Waals surface area contributed by atoms with E-state index in [0.717, 1.165) is 0 Å². The first-order valence-electron chi connectivity index (χ1n) is 12.3. The fourth-order valence-corrected chi connectivity index (χ4v) is 5.11. The average Bonchev–Trinajstić information content (AvgIpc) is 3.59. The van der Waals surface area contributed by atoms with Gasteiger partial charge < -0.3 is 25.2 Å². The SMILES string of the molecule is C.C.CC(C)(C)OC(=O)N[C@]1(C(=O)NS(=O)(=O)C2CC2)C[C@H]1C(F)F.CC(C)(C)OC(=O)N[C@]1(C(=O)O)C[C@H]1C(F)F.